The molecule has 42 heavy (non-hydrogen) atoms. The van der Waals surface area contributed by atoms with Crippen LogP contribution < -0.4 is 0 Å². The number of esters is 1. The third-order valence-corrected chi connectivity index (χ3v) is 8.58. The number of rotatable bonds is 8. The molecular weight excluding hydrogens is 524 g/mol. The Bertz CT molecular complexity index is 1450. The number of carbonyl (C=O) groups excluding carboxylic acids is 3. The van der Waals surface area contributed by atoms with Gasteiger partial charge in [-0.2, -0.15) is 0 Å². The molecule has 3 aromatic rings. The van der Waals surface area contributed by atoms with Crippen molar-refractivity contribution in [3.05, 3.63) is 118 Å². The van der Waals surface area contributed by atoms with Crippen molar-refractivity contribution in [3.63, 3.8) is 0 Å². The van der Waals surface area contributed by atoms with Gasteiger partial charge in [-0.05, 0) is 74.8 Å². The van der Waals surface area contributed by atoms with Gasteiger partial charge >= 0.3 is 5.97 Å². The second-order valence-corrected chi connectivity index (χ2v) is 11.5. The standard InChI is InChI=1S/C36H40N2O4/c1-4-42-36(41)34-26(3)38(33(39)23-32(34)30-15-13-25(2)14-16-30)24-29-11-8-12-31(22-29)35(40)37-19-17-28(18-20-37)21-27-9-6-5-7-10-27/h5-16,22,28,32H,4,17-21,23-24H2,1-3H3. The van der Waals surface area contributed by atoms with Crippen LogP contribution in [0.1, 0.15) is 71.6 Å². The summed E-state index contributed by atoms with van der Waals surface area (Å²) >= 11 is 0. The zero-order valence-electron chi connectivity index (χ0n) is 24.8. The summed E-state index contributed by atoms with van der Waals surface area (Å²) < 4.78 is 5.43. The summed E-state index contributed by atoms with van der Waals surface area (Å²) in [6, 6.07) is 26.0. The Labute approximate surface area is 249 Å². The number of benzene rings is 3. The van der Waals surface area contributed by atoms with Gasteiger partial charge in [0.15, 0.2) is 0 Å². The van der Waals surface area contributed by atoms with Crippen molar-refractivity contribution in [2.45, 2.75) is 58.9 Å². The zero-order chi connectivity index (χ0) is 29.6. The SMILES string of the molecule is CCOC(=O)C1=C(C)N(Cc2cccc(C(=O)N3CCC(Cc4ccccc4)CC3)c2)C(=O)CC1c1ccc(C)cc1. The summed E-state index contributed by atoms with van der Waals surface area (Å²) in [5, 5.41) is 0. The van der Waals surface area contributed by atoms with Crippen molar-refractivity contribution in [2.24, 2.45) is 5.92 Å². The molecule has 2 heterocycles. The van der Waals surface area contributed by atoms with Gasteiger partial charge in [-0.15, -0.1) is 0 Å². The van der Waals surface area contributed by atoms with Gasteiger partial charge in [0, 0.05) is 36.7 Å². The molecule has 0 N–H and O–H groups in total. The van der Waals surface area contributed by atoms with E-state index in [4.69, 9.17) is 4.74 Å². The van der Waals surface area contributed by atoms with Gasteiger partial charge in [0.1, 0.15) is 0 Å². The first-order valence-corrected chi connectivity index (χ1v) is 15.0. The molecule has 2 aliphatic rings. The van der Waals surface area contributed by atoms with Gasteiger partial charge in [0.2, 0.25) is 5.91 Å². The highest BCUT2D eigenvalue weighted by Crippen LogP contribution is 2.38. The maximum Gasteiger partial charge on any atom is 0.336 e. The fourth-order valence-corrected chi connectivity index (χ4v) is 6.22. The molecular formula is C36H40N2O4. The molecule has 2 aliphatic heterocycles. The largest absolute Gasteiger partial charge is 0.463 e. The molecule has 0 bridgehead atoms. The molecule has 0 aromatic heterocycles. The van der Waals surface area contributed by atoms with Crippen LogP contribution in [0.15, 0.2) is 90.1 Å². The number of amides is 2. The highest BCUT2D eigenvalue weighted by Gasteiger charge is 2.37. The average Bonchev–Trinajstić information content (AvgIpc) is 3.00. The fraction of sp³-hybridized carbons (Fsp3) is 0.361. The number of hydrogen-bond donors (Lipinski definition) is 0. The molecule has 0 spiro atoms. The number of carbonyl (C=O) groups is 3. The lowest BCUT2D eigenvalue weighted by Crippen LogP contribution is -2.39. The van der Waals surface area contributed by atoms with Crippen LogP contribution in [0, 0.1) is 12.8 Å². The van der Waals surface area contributed by atoms with Gasteiger partial charge in [-0.3, -0.25) is 9.59 Å². The van der Waals surface area contributed by atoms with E-state index in [0.717, 1.165) is 49.0 Å². The maximum atomic E-state index is 13.5. The Kier molecular flexibility index (Phi) is 9.21. The van der Waals surface area contributed by atoms with Gasteiger partial charge in [-0.1, -0.05) is 72.3 Å². The van der Waals surface area contributed by atoms with E-state index in [1.165, 1.54) is 5.56 Å². The lowest BCUT2D eigenvalue weighted by molar-refractivity contribution is -0.140. The van der Waals surface area contributed by atoms with Crippen LogP contribution in [0.25, 0.3) is 0 Å². The monoisotopic (exact) mass is 564 g/mol. The molecule has 1 unspecified atom stereocenters. The summed E-state index contributed by atoms with van der Waals surface area (Å²) in [5.41, 5.74) is 6.00. The van der Waals surface area contributed by atoms with Gasteiger partial charge in [-0.25, -0.2) is 4.79 Å². The summed E-state index contributed by atoms with van der Waals surface area (Å²) in [6.07, 6.45) is 3.22. The summed E-state index contributed by atoms with van der Waals surface area (Å²) in [7, 11) is 0. The lowest BCUT2D eigenvalue weighted by atomic mass is 9.83. The smallest absolute Gasteiger partial charge is 0.336 e. The summed E-state index contributed by atoms with van der Waals surface area (Å²) in [5.74, 6) is -0.189. The predicted molar refractivity (Wildman–Crippen MR) is 164 cm³/mol. The van der Waals surface area contributed by atoms with Crippen LogP contribution in [-0.4, -0.2) is 47.3 Å². The predicted octanol–water partition coefficient (Wildman–Crippen LogP) is 6.44. The third-order valence-electron chi connectivity index (χ3n) is 8.58. The average molecular weight is 565 g/mol. The van der Waals surface area contributed by atoms with Crippen molar-refractivity contribution < 1.29 is 19.1 Å². The number of hydrogen-bond acceptors (Lipinski definition) is 4. The topological polar surface area (TPSA) is 66.9 Å². The van der Waals surface area contributed by atoms with Crippen LogP contribution in [0.4, 0.5) is 0 Å². The van der Waals surface area contributed by atoms with Gasteiger partial charge in [0.25, 0.3) is 5.91 Å². The second kappa shape index (κ2) is 13.2. The number of piperidine rings is 1. The molecule has 0 radical (unpaired) electrons. The quantitative estimate of drug-likeness (QED) is 0.295. The van der Waals surface area contributed by atoms with Crippen LogP contribution in [0.2, 0.25) is 0 Å². The molecule has 218 valence electrons. The molecule has 3 aromatic carbocycles. The minimum atomic E-state index is -0.391. The second-order valence-electron chi connectivity index (χ2n) is 11.5. The van der Waals surface area contributed by atoms with Gasteiger partial charge in [0.05, 0.1) is 18.7 Å². The van der Waals surface area contributed by atoms with Crippen LogP contribution in [0.5, 0.6) is 0 Å². The molecule has 6 heteroatoms. The van der Waals surface area contributed by atoms with E-state index in [0.29, 0.717) is 22.8 Å². The van der Waals surface area contributed by atoms with E-state index < -0.39 is 5.97 Å². The fourth-order valence-electron chi connectivity index (χ4n) is 6.22. The van der Waals surface area contributed by atoms with Crippen molar-refractivity contribution in [1.29, 1.82) is 0 Å². The van der Waals surface area contributed by atoms with E-state index in [2.05, 4.69) is 24.3 Å². The van der Waals surface area contributed by atoms with Crippen molar-refractivity contribution in [3.8, 4) is 0 Å². The number of allylic oxidation sites excluding steroid dienone is 1. The van der Waals surface area contributed by atoms with E-state index in [-0.39, 0.29) is 37.3 Å². The number of nitrogens with zero attached hydrogens (tertiary/aromatic N) is 2. The summed E-state index contributed by atoms with van der Waals surface area (Å²) in [6.45, 7) is 7.66. The van der Waals surface area contributed by atoms with Crippen LogP contribution in [-0.2, 0) is 27.3 Å². The molecule has 6 nitrogen and oxygen atoms in total. The highest BCUT2D eigenvalue weighted by atomic mass is 16.5. The summed E-state index contributed by atoms with van der Waals surface area (Å²) in [4.78, 5) is 43.7. The Morgan fingerprint density at radius 2 is 1.57 bits per heavy atom. The number of ether oxygens (including phenoxy) is 1. The van der Waals surface area contributed by atoms with E-state index in [9.17, 15) is 14.4 Å². The first-order chi connectivity index (χ1) is 20.3. The molecule has 1 fully saturated rings. The van der Waals surface area contributed by atoms with E-state index in [1.54, 1.807) is 11.8 Å². The first kappa shape index (κ1) is 29.3. The minimum absolute atomic E-state index is 0.0268. The minimum Gasteiger partial charge on any atom is -0.463 e. The molecule has 1 saturated heterocycles. The van der Waals surface area contributed by atoms with Crippen molar-refractivity contribution in [1.82, 2.24) is 9.80 Å². The Morgan fingerprint density at radius 1 is 0.881 bits per heavy atom. The van der Waals surface area contributed by atoms with E-state index >= 15 is 0 Å². The molecule has 0 saturated carbocycles. The molecule has 5 rings (SSSR count). The Balaban J connectivity index is 1.30. The number of likely N-dealkylation sites (tertiary alicyclic amines) is 1. The molecule has 0 aliphatic carbocycles. The molecule has 2 amide bonds. The normalized spacial score (nSPS) is 17.9. The van der Waals surface area contributed by atoms with Crippen LogP contribution >= 0.6 is 0 Å². The highest BCUT2D eigenvalue weighted by molar-refractivity contribution is 5.96. The molecule has 1 atom stereocenters. The zero-order valence-corrected chi connectivity index (χ0v) is 24.8. The Morgan fingerprint density at radius 3 is 2.26 bits per heavy atom. The van der Waals surface area contributed by atoms with Crippen molar-refractivity contribution in [2.75, 3.05) is 19.7 Å². The third kappa shape index (κ3) is 6.64. The first-order valence-electron chi connectivity index (χ1n) is 15.0. The van der Waals surface area contributed by atoms with Crippen molar-refractivity contribution >= 4 is 17.8 Å². The maximum absolute atomic E-state index is 13.5. The van der Waals surface area contributed by atoms with E-state index in [1.807, 2.05) is 73.3 Å². The Hall–Kier alpha value is -4.19. The lowest BCUT2D eigenvalue weighted by Gasteiger charge is -2.35. The number of aryl methyl sites for hydroxylation is 1. The van der Waals surface area contributed by atoms with Crippen LogP contribution in [0.3, 0.4) is 0 Å². The van der Waals surface area contributed by atoms with Gasteiger partial charge < -0.3 is 14.5 Å².